The molecule has 0 aromatic heterocycles. The lowest BCUT2D eigenvalue weighted by Gasteiger charge is -2.26. The van der Waals surface area contributed by atoms with Gasteiger partial charge in [0.05, 0.1) is 16.6 Å². The molecule has 1 fully saturated rings. The van der Waals surface area contributed by atoms with E-state index >= 15 is 0 Å². The fraction of sp³-hybridized carbons (Fsp3) is 0.484. The minimum atomic E-state index is -0.844. The van der Waals surface area contributed by atoms with Crippen LogP contribution in [0.25, 0.3) is 0 Å². The second-order valence-corrected chi connectivity index (χ2v) is 12.4. The number of nitrogens with one attached hydrogen (secondary N) is 3. The van der Waals surface area contributed by atoms with Crippen LogP contribution in [0.5, 0.6) is 0 Å². The number of carbonyl (C=O) groups excluding carboxylic acids is 4. The number of amides is 3. The van der Waals surface area contributed by atoms with Crippen molar-refractivity contribution in [1.29, 1.82) is 0 Å². The number of hydrogen-bond acceptors (Lipinski definition) is 6. The van der Waals surface area contributed by atoms with Crippen LogP contribution in [0.15, 0.2) is 48.5 Å². The number of Topliss-reactive ketones (excluding diaryl/α,β-unsaturated/α-hetero) is 1. The average Bonchev–Trinajstić information content (AvgIpc) is 3.26. The van der Waals surface area contributed by atoms with E-state index in [0.29, 0.717) is 36.9 Å². The van der Waals surface area contributed by atoms with E-state index in [0.717, 1.165) is 5.56 Å². The zero-order valence-electron chi connectivity index (χ0n) is 24.5. The molecule has 1 aliphatic heterocycles. The van der Waals surface area contributed by atoms with Gasteiger partial charge in [-0.05, 0) is 48.4 Å². The number of ketones is 1. The van der Waals surface area contributed by atoms with Gasteiger partial charge in [-0.3, -0.25) is 19.3 Å². The van der Waals surface area contributed by atoms with Crippen LogP contribution in [0.1, 0.15) is 56.5 Å². The Morgan fingerprint density at radius 2 is 1.64 bits per heavy atom. The van der Waals surface area contributed by atoms with Crippen molar-refractivity contribution < 1.29 is 23.9 Å². The van der Waals surface area contributed by atoms with Gasteiger partial charge >= 0.3 is 6.09 Å². The monoisotopic (exact) mass is 618 g/mol. The molecule has 1 unspecified atom stereocenters. The summed E-state index contributed by atoms with van der Waals surface area (Å²) >= 11 is 12.0. The molecule has 11 heteroatoms. The molecule has 0 spiro atoms. The summed E-state index contributed by atoms with van der Waals surface area (Å²) < 4.78 is 5.39. The Morgan fingerprint density at radius 1 is 0.952 bits per heavy atom. The minimum Gasteiger partial charge on any atom is -0.445 e. The SMILES string of the molecule is CC(C)C[C@@H](CN1CC(=O)C(NC(=O)[C@H](CC(C)C)NC(=O)c2ccc(Cl)c(Cl)c2)C1)NC(=O)OCc1ccccc1. The van der Waals surface area contributed by atoms with Crippen LogP contribution in [-0.2, 0) is 20.9 Å². The van der Waals surface area contributed by atoms with Crippen LogP contribution in [0.2, 0.25) is 10.0 Å². The highest BCUT2D eigenvalue weighted by Gasteiger charge is 2.35. The second kappa shape index (κ2) is 15.9. The first-order valence-electron chi connectivity index (χ1n) is 14.2. The molecule has 0 saturated carbocycles. The van der Waals surface area contributed by atoms with Gasteiger partial charge in [-0.15, -0.1) is 0 Å². The molecule has 3 N–H and O–H groups in total. The van der Waals surface area contributed by atoms with Crippen LogP contribution in [-0.4, -0.2) is 66.4 Å². The number of hydrogen-bond donors (Lipinski definition) is 3. The summed E-state index contributed by atoms with van der Waals surface area (Å²) in [7, 11) is 0. The van der Waals surface area contributed by atoms with E-state index in [1.54, 1.807) is 0 Å². The third kappa shape index (κ3) is 10.6. The summed E-state index contributed by atoms with van der Waals surface area (Å²) in [5, 5.41) is 9.10. The smallest absolute Gasteiger partial charge is 0.407 e. The number of alkyl carbamates (subject to hydrolysis) is 1. The lowest BCUT2D eigenvalue weighted by atomic mass is 10.0. The molecule has 2 aromatic rings. The molecular weight excluding hydrogens is 579 g/mol. The first-order valence-corrected chi connectivity index (χ1v) is 14.9. The zero-order chi connectivity index (χ0) is 30.8. The van der Waals surface area contributed by atoms with Gasteiger partial charge in [0, 0.05) is 24.7 Å². The van der Waals surface area contributed by atoms with Gasteiger partial charge in [-0.25, -0.2) is 4.79 Å². The Hall–Kier alpha value is -3.14. The fourth-order valence-electron chi connectivity index (χ4n) is 4.87. The molecule has 3 amide bonds. The normalized spacial score (nSPS) is 16.8. The third-order valence-electron chi connectivity index (χ3n) is 6.81. The molecule has 0 radical (unpaired) electrons. The molecule has 9 nitrogen and oxygen atoms in total. The van der Waals surface area contributed by atoms with Gasteiger partial charge in [0.25, 0.3) is 5.91 Å². The molecule has 3 atom stereocenters. The molecule has 0 aliphatic carbocycles. The second-order valence-electron chi connectivity index (χ2n) is 11.5. The van der Waals surface area contributed by atoms with Gasteiger partial charge in [-0.1, -0.05) is 81.2 Å². The van der Waals surface area contributed by atoms with Crippen molar-refractivity contribution in [1.82, 2.24) is 20.9 Å². The highest BCUT2D eigenvalue weighted by Crippen LogP contribution is 2.23. The highest BCUT2D eigenvalue weighted by molar-refractivity contribution is 6.42. The van der Waals surface area contributed by atoms with Crippen molar-refractivity contribution >= 4 is 46.9 Å². The predicted molar refractivity (Wildman–Crippen MR) is 164 cm³/mol. The van der Waals surface area contributed by atoms with Crippen LogP contribution in [0, 0.1) is 11.8 Å². The lowest BCUT2D eigenvalue weighted by Crippen LogP contribution is -2.52. The Bertz CT molecular complexity index is 1240. The maximum atomic E-state index is 13.3. The standard InChI is InChI=1S/C31H40Cl2N4O5/c1-19(2)12-23(34-31(41)42-18-21-8-6-5-7-9-21)15-37-16-27(28(38)17-37)36-30(40)26(13-20(3)4)35-29(39)22-10-11-24(32)25(33)14-22/h5-11,14,19-20,23,26-27H,12-13,15-18H2,1-4H3,(H,34,41)(H,35,39)(H,36,40)/t23-,26-,27?/m0/s1. The maximum Gasteiger partial charge on any atom is 0.407 e. The van der Waals surface area contributed by atoms with Crippen LogP contribution < -0.4 is 16.0 Å². The minimum absolute atomic E-state index is 0.107. The van der Waals surface area contributed by atoms with Crippen molar-refractivity contribution in [3.05, 3.63) is 69.7 Å². The molecule has 228 valence electrons. The molecule has 1 aliphatic rings. The molecule has 0 bridgehead atoms. The average molecular weight is 620 g/mol. The van der Waals surface area contributed by atoms with Gasteiger partial charge in [0.1, 0.15) is 18.7 Å². The van der Waals surface area contributed by atoms with E-state index in [-0.39, 0.29) is 41.5 Å². The predicted octanol–water partition coefficient (Wildman–Crippen LogP) is 4.85. The van der Waals surface area contributed by atoms with Crippen molar-refractivity contribution in [2.24, 2.45) is 11.8 Å². The van der Waals surface area contributed by atoms with E-state index in [2.05, 4.69) is 29.8 Å². The maximum absolute atomic E-state index is 13.3. The van der Waals surface area contributed by atoms with Crippen molar-refractivity contribution in [2.45, 2.75) is 65.3 Å². The number of likely N-dealkylation sites (tertiary alicyclic amines) is 1. The highest BCUT2D eigenvalue weighted by atomic mass is 35.5. The molecule has 1 saturated heterocycles. The third-order valence-corrected chi connectivity index (χ3v) is 7.54. The Labute approximate surface area is 257 Å². The number of halogens is 2. The first-order chi connectivity index (χ1) is 19.9. The number of rotatable bonds is 13. The first kappa shape index (κ1) is 33.4. The van der Waals surface area contributed by atoms with Crippen LogP contribution >= 0.6 is 23.2 Å². The van der Waals surface area contributed by atoms with Crippen molar-refractivity contribution in [3.8, 4) is 0 Å². The Kier molecular flexibility index (Phi) is 12.6. The van der Waals surface area contributed by atoms with E-state index < -0.39 is 30.0 Å². The fourth-order valence-corrected chi connectivity index (χ4v) is 5.16. The zero-order valence-corrected chi connectivity index (χ0v) is 26.0. The van der Waals surface area contributed by atoms with E-state index in [4.69, 9.17) is 27.9 Å². The van der Waals surface area contributed by atoms with Crippen molar-refractivity contribution in [3.63, 3.8) is 0 Å². The van der Waals surface area contributed by atoms with E-state index in [1.165, 1.54) is 18.2 Å². The molecule has 2 aromatic carbocycles. The van der Waals surface area contributed by atoms with Crippen LogP contribution in [0.4, 0.5) is 4.79 Å². The number of ether oxygens (including phenoxy) is 1. The van der Waals surface area contributed by atoms with E-state index in [1.807, 2.05) is 49.1 Å². The van der Waals surface area contributed by atoms with Crippen molar-refractivity contribution in [2.75, 3.05) is 19.6 Å². The molecular formula is C31H40Cl2N4O5. The summed E-state index contributed by atoms with van der Waals surface area (Å²) in [4.78, 5) is 53.5. The largest absolute Gasteiger partial charge is 0.445 e. The molecule has 42 heavy (non-hydrogen) atoms. The summed E-state index contributed by atoms with van der Waals surface area (Å²) in [6.45, 7) is 9.05. The Morgan fingerprint density at radius 3 is 2.29 bits per heavy atom. The Balaban J connectivity index is 1.57. The van der Waals surface area contributed by atoms with Gasteiger partial charge in [0.15, 0.2) is 5.78 Å². The summed E-state index contributed by atoms with van der Waals surface area (Å²) in [5.41, 5.74) is 1.17. The van der Waals surface area contributed by atoms with Crippen LogP contribution in [0.3, 0.4) is 0 Å². The number of benzene rings is 2. The molecule has 3 rings (SSSR count). The summed E-state index contributed by atoms with van der Waals surface area (Å²) in [6.07, 6.45) is 0.558. The van der Waals surface area contributed by atoms with Gasteiger partial charge < -0.3 is 20.7 Å². The number of carbonyl (C=O) groups is 4. The number of nitrogens with zero attached hydrogens (tertiary/aromatic N) is 1. The van der Waals surface area contributed by atoms with Gasteiger partial charge in [-0.2, -0.15) is 0 Å². The van der Waals surface area contributed by atoms with E-state index in [9.17, 15) is 19.2 Å². The van der Waals surface area contributed by atoms with Gasteiger partial charge in [0.2, 0.25) is 5.91 Å². The quantitative estimate of drug-likeness (QED) is 0.295. The lowest BCUT2D eigenvalue weighted by molar-refractivity contribution is -0.127. The topological polar surface area (TPSA) is 117 Å². The summed E-state index contributed by atoms with van der Waals surface area (Å²) in [6, 6.07) is 12.1. The summed E-state index contributed by atoms with van der Waals surface area (Å²) in [5.74, 6) is -0.615. The molecule has 1 heterocycles.